The van der Waals surface area contributed by atoms with Gasteiger partial charge in [-0.05, 0) is 37.0 Å². The number of anilines is 1. The third-order valence-electron chi connectivity index (χ3n) is 11.2. The summed E-state index contributed by atoms with van der Waals surface area (Å²) in [6.07, 6.45) is 3.01. The molecule has 62 heavy (non-hydrogen) atoms. The Hall–Kier alpha value is -6.56. The molecule has 4 aliphatic heterocycles. The number of aliphatic carboxylic acids is 1. The molecule has 1 unspecified atom stereocenters. The minimum absolute atomic E-state index is 0.00689. The van der Waals surface area contributed by atoms with E-state index in [1.165, 1.54) is 17.8 Å². The van der Waals surface area contributed by atoms with Crippen molar-refractivity contribution in [1.82, 2.24) is 25.8 Å². The lowest BCUT2D eigenvalue weighted by atomic mass is 9.80. The second kappa shape index (κ2) is 18.2. The van der Waals surface area contributed by atoms with Gasteiger partial charge in [-0.25, -0.2) is 9.78 Å². The molecule has 3 saturated heterocycles. The predicted molar refractivity (Wildman–Crippen MR) is 233 cm³/mol. The van der Waals surface area contributed by atoms with Crippen LogP contribution in [0.4, 0.5) is 5.13 Å². The third-order valence-corrected chi connectivity index (χ3v) is 13.2. The first-order chi connectivity index (χ1) is 30.1. The second-order valence-corrected chi connectivity index (χ2v) is 16.9. The molecule has 15 nitrogen and oxygen atoms in total. The number of thiazole rings is 1. The highest BCUT2D eigenvalue weighted by Gasteiger charge is 2.56. The van der Waals surface area contributed by atoms with E-state index in [-0.39, 0.29) is 57.7 Å². The van der Waals surface area contributed by atoms with Gasteiger partial charge in [0.25, 0.3) is 11.8 Å². The summed E-state index contributed by atoms with van der Waals surface area (Å²) in [5, 5.41) is 25.1. The average molecular weight is 874 g/mol. The topological polar surface area (TPSA) is 215 Å². The van der Waals surface area contributed by atoms with E-state index in [0.717, 1.165) is 39.3 Å². The molecule has 0 radical (unpaired) electrons. The van der Waals surface area contributed by atoms with Crippen LogP contribution in [0.2, 0.25) is 0 Å². The van der Waals surface area contributed by atoms with Gasteiger partial charge in [-0.1, -0.05) is 109 Å². The number of rotatable bonds is 15. The molecule has 4 aliphatic rings. The highest BCUT2D eigenvalue weighted by Crippen LogP contribution is 2.46. The first kappa shape index (κ1) is 42.1. The number of hydrogen-bond acceptors (Lipinski definition) is 13. The second-order valence-electron chi connectivity index (χ2n) is 14.9. The first-order valence-corrected chi connectivity index (χ1v) is 22.0. The van der Waals surface area contributed by atoms with Crippen LogP contribution < -0.4 is 21.7 Å². The van der Waals surface area contributed by atoms with Gasteiger partial charge in [0.2, 0.25) is 11.5 Å². The van der Waals surface area contributed by atoms with Crippen molar-refractivity contribution < 1.29 is 38.7 Å². The summed E-state index contributed by atoms with van der Waals surface area (Å²) in [6.45, 7) is 4.48. The van der Waals surface area contributed by atoms with Crippen molar-refractivity contribution in [3.8, 4) is 0 Å². The van der Waals surface area contributed by atoms with E-state index in [2.05, 4.69) is 32.7 Å². The monoisotopic (exact) mass is 873 g/mol. The minimum Gasteiger partial charge on any atom is -0.477 e. The maximum Gasteiger partial charge on any atom is 0.352 e. The molecule has 3 aromatic carbocycles. The molecule has 3 amide bonds. The van der Waals surface area contributed by atoms with Crippen molar-refractivity contribution in [2.45, 2.75) is 42.3 Å². The quantitative estimate of drug-likeness (QED) is 0.0217. The molecule has 318 valence electrons. The number of hydrogen-bond donors (Lipinski definition) is 5. The van der Waals surface area contributed by atoms with Crippen LogP contribution in [0, 0.1) is 5.92 Å². The van der Waals surface area contributed by atoms with E-state index in [9.17, 15) is 29.1 Å². The zero-order chi connectivity index (χ0) is 43.4. The number of benzene rings is 3. The first-order valence-electron chi connectivity index (χ1n) is 20.0. The summed E-state index contributed by atoms with van der Waals surface area (Å²) in [4.78, 5) is 81.2. The van der Waals surface area contributed by atoms with Crippen LogP contribution in [0.25, 0.3) is 0 Å². The number of nitrogens with zero attached hydrogens (tertiary/aromatic N) is 3. The number of oxime groups is 1. The number of carbonyl (C=O) groups excluding carboxylic acids is 4. The Kier molecular flexibility index (Phi) is 12.4. The van der Waals surface area contributed by atoms with E-state index in [1.54, 1.807) is 5.38 Å². The van der Waals surface area contributed by atoms with E-state index in [0.29, 0.717) is 19.5 Å². The summed E-state index contributed by atoms with van der Waals surface area (Å²) in [7, 11) is 0. The van der Waals surface area contributed by atoms with Crippen molar-refractivity contribution in [3.05, 3.63) is 154 Å². The van der Waals surface area contributed by atoms with Gasteiger partial charge >= 0.3 is 11.9 Å². The van der Waals surface area contributed by atoms with Crippen molar-refractivity contribution in [1.29, 1.82) is 0 Å². The average Bonchev–Trinajstić information content (AvgIpc) is 4.09. The number of aromatic nitrogens is 1. The van der Waals surface area contributed by atoms with Crippen LogP contribution >= 0.6 is 23.1 Å². The molecule has 3 fully saturated rings. The SMILES string of the molecule is C=CCOC(=O)[C@@H](C(=C1CCNC1=O)C1=C(C(=O)O)N2C(=O)[C@@H](NC(=O)C(=NOC(c3ccccc3)(c3ccccc3)c3ccccc3)c3csc(N)n3)[C@H]2SC1)C1CCCN1. The number of fused-ring (bicyclic) bond motifs is 1. The number of esters is 1. The van der Waals surface area contributed by atoms with Gasteiger partial charge in [0.15, 0.2) is 10.8 Å². The van der Waals surface area contributed by atoms with Gasteiger partial charge in [-0.15, -0.1) is 23.1 Å². The number of carbonyl (C=O) groups is 5. The van der Waals surface area contributed by atoms with Crippen LogP contribution in [0.5, 0.6) is 0 Å². The number of amides is 3. The number of β-lactam (4-membered cyclic amide) rings is 1. The Bertz CT molecular complexity index is 2390. The molecule has 8 rings (SSSR count). The number of nitrogens with one attached hydrogen (secondary N) is 3. The van der Waals surface area contributed by atoms with E-state index < -0.39 is 58.6 Å². The Morgan fingerprint density at radius 2 is 1.66 bits per heavy atom. The zero-order valence-corrected chi connectivity index (χ0v) is 35.0. The molecule has 0 spiro atoms. The maximum atomic E-state index is 14.5. The standard InChI is InChI=1S/C45H43N7O8S2/c1-2-23-59-43(58)34(31-19-12-21-47-31)33(29-20-22-48-38(29)53)30-24-61-41-36(40(55)52(41)37(30)42(56)57)50-39(54)35(32-25-62-44(46)49-32)51-60-45(26-13-6-3-7-14-26,27-15-8-4-9-16-27)28-17-10-5-11-18-28/h2-11,13-18,25,31,34,36,41,47H,1,12,19-24H2,(H2,46,49)(H,48,53)(H,50,54)(H,56,57)/t31?,34-,36-,41-/m1/s1. The number of thioether (sulfide) groups is 1. The van der Waals surface area contributed by atoms with Crippen LogP contribution in [0.15, 0.2) is 137 Å². The largest absolute Gasteiger partial charge is 0.477 e. The maximum absolute atomic E-state index is 14.5. The Morgan fingerprint density at radius 3 is 2.18 bits per heavy atom. The number of carboxylic acid groups (broad SMARTS) is 1. The fourth-order valence-corrected chi connectivity index (χ4v) is 10.4. The number of nitrogens with two attached hydrogens (primary N) is 1. The van der Waals surface area contributed by atoms with E-state index in [1.807, 2.05) is 91.0 Å². The lowest BCUT2D eigenvalue weighted by Gasteiger charge is -2.50. The molecule has 5 heterocycles. The summed E-state index contributed by atoms with van der Waals surface area (Å²) in [5.74, 6) is -5.03. The molecule has 17 heteroatoms. The number of ether oxygens (including phenoxy) is 1. The smallest absolute Gasteiger partial charge is 0.352 e. The van der Waals surface area contributed by atoms with Crippen LogP contribution in [-0.2, 0) is 39.1 Å². The highest BCUT2D eigenvalue weighted by molar-refractivity contribution is 8.00. The van der Waals surface area contributed by atoms with Gasteiger partial charge in [0, 0.05) is 46.0 Å². The van der Waals surface area contributed by atoms with Gasteiger partial charge in [0.05, 0.1) is 5.92 Å². The zero-order valence-electron chi connectivity index (χ0n) is 33.3. The summed E-state index contributed by atoms with van der Waals surface area (Å²) >= 11 is 2.29. The van der Waals surface area contributed by atoms with Gasteiger partial charge in [-0.2, -0.15) is 0 Å². The Morgan fingerprint density at radius 1 is 1.02 bits per heavy atom. The summed E-state index contributed by atoms with van der Waals surface area (Å²) in [6, 6.07) is 26.7. The molecular weight excluding hydrogens is 831 g/mol. The van der Waals surface area contributed by atoms with Crippen LogP contribution in [0.1, 0.15) is 41.6 Å². The molecule has 1 aromatic heterocycles. The van der Waals surface area contributed by atoms with Crippen molar-refractivity contribution >= 4 is 63.6 Å². The lowest BCUT2D eigenvalue weighted by molar-refractivity contribution is -0.150. The highest BCUT2D eigenvalue weighted by atomic mass is 32.2. The van der Waals surface area contributed by atoms with Gasteiger partial charge in [-0.3, -0.25) is 24.1 Å². The van der Waals surface area contributed by atoms with Gasteiger partial charge < -0.3 is 36.4 Å². The van der Waals surface area contributed by atoms with Crippen LogP contribution in [-0.4, -0.2) is 93.3 Å². The minimum atomic E-state index is -1.43. The molecule has 0 saturated carbocycles. The third kappa shape index (κ3) is 7.89. The van der Waals surface area contributed by atoms with E-state index in [4.69, 9.17) is 15.3 Å². The van der Waals surface area contributed by atoms with E-state index >= 15 is 0 Å². The van der Waals surface area contributed by atoms with Crippen molar-refractivity contribution in [3.63, 3.8) is 0 Å². The molecule has 0 bridgehead atoms. The predicted octanol–water partition coefficient (Wildman–Crippen LogP) is 4.09. The molecule has 6 N–H and O–H groups in total. The molecular formula is C45H43N7O8S2. The van der Waals surface area contributed by atoms with Gasteiger partial charge in [0.1, 0.15) is 29.4 Å². The molecule has 0 aliphatic carbocycles. The number of nitrogen functional groups attached to an aromatic ring is 1. The fourth-order valence-electron chi connectivity index (χ4n) is 8.47. The summed E-state index contributed by atoms with van der Waals surface area (Å²) in [5.41, 5.74) is 6.99. The Balaban J connectivity index is 1.15. The van der Waals surface area contributed by atoms with Crippen LogP contribution in [0.3, 0.4) is 0 Å². The van der Waals surface area contributed by atoms with Crippen molar-refractivity contribution in [2.24, 2.45) is 11.1 Å². The number of carboxylic acids is 1. The molecule has 4 aromatic rings. The summed E-state index contributed by atoms with van der Waals surface area (Å²) < 4.78 is 5.55. The normalized spacial score (nSPS) is 21.3. The van der Waals surface area contributed by atoms with Crippen molar-refractivity contribution in [2.75, 3.05) is 31.2 Å². The lowest BCUT2D eigenvalue weighted by Crippen LogP contribution is -2.71. The molecule has 4 atom stereocenters. The Labute approximate surface area is 365 Å². The fraction of sp³-hybridized carbons (Fsp3) is 0.267.